The highest BCUT2D eigenvalue weighted by atomic mass is 13.7. The predicted octanol–water partition coefficient (Wildman–Crippen LogP) is 2.70. The van der Waals surface area contributed by atoms with E-state index in [1.807, 2.05) is 24.3 Å². The van der Waals surface area contributed by atoms with Crippen molar-refractivity contribution in [2.75, 3.05) is 0 Å². The minimum Gasteiger partial charge on any atom is -0.0845 e. The average molecular weight is 120 g/mol. The first kappa shape index (κ1) is 8.22. The van der Waals surface area contributed by atoms with Crippen LogP contribution in [0.3, 0.4) is 0 Å². The molecule has 0 aliphatic rings. The van der Waals surface area contributed by atoms with Crippen LogP contribution in [0.15, 0.2) is 30.4 Å². The van der Waals surface area contributed by atoms with Crippen LogP contribution in [0.5, 0.6) is 0 Å². The summed E-state index contributed by atoms with van der Waals surface area (Å²) in [5.41, 5.74) is 0. The molecule has 0 heteroatoms. The van der Waals surface area contributed by atoms with Crippen molar-refractivity contribution in [3.05, 3.63) is 43.9 Å². The molecule has 0 aliphatic heterocycles. The Labute approximate surface area is 57.6 Å². The Balaban J connectivity index is 3.23. The van der Waals surface area contributed by atoms with Gasteiger partial charge in [-0.1, -0.05) is 37.0 Å². The third-order valence-electron chi connectivity index (χ3n) is 0.822. The Kier molecular flexibility index (Phi) is 6.59. The Morgan fingerprint density at radius 1 is 1.22 bits per heavy atom. The second kappa shape index (κ2) is 7.22. The van der Waals surface area contributed by atoms with Crippen molar-refractivity contribution < 1.29 is 0 Å². The van der Waals surface area contributed by atoms with Gasteiger partial charge in [-0.3, -0.25) is 0 Å². The van der Waals surface area contributed by atoms with Crippen molar-refractivity contribution in [2.45, 2.75) is 12.8 Å². The third kappa shape index (κ3) is 7.22. The molecule has 0 unspecified atom stereocenters. The second-order valence-electron chi connectivity index (χ2n) is 1.62. The molecular weight excluding hydrogens is 108 g/mol. The summed E-state index contributed by atoms with van der Waals surface area (Å²) in [7, 11) is 0. The van der Waals surface area contributed by atoms with Crippen LogP contribution in [0.25, 0.3) is 0 Å². The first-order chi connectivity index (χ1) is 4.41. The summed E-state index contributed by atoms with van der Waals surface area (Å²) in [5, 5.41) is 0. The molecule has 0 rings (SSSR count). The van der Waals surface area contributed by atoms with Crippen molar-refractivity contribution in [3.63, 3.8) is 0 Å². The van der Waals surface area contributed by atoms with E-state index in [-0.39, 0.29) is 0 Å². The summed E-state index contributed by atoms with van der Waals surface area (Å²) in [6.07, 6.45) is 11.2. The molecule has 0 saturated carbocycles. The Hall–Kier alpha value is -0.780. The molecule has 48 valence electrons. The molecule has 0 aromatic rings. The zero-order valence-corrected chi connectivity index (χ0v) is 5.59. The van der Waals surface area contributed by atoms with Gasteiger partial charge in [-0.25, -0.2) is 0 Å². The average Bonchev–Trinajstić information content (AvgIpc) is 1.89. The van der Waals surface area contributed by atoms with Crippen LogP contribution < -0.4 is 0 Å². The standard InChI is InChI=1S/C9H12/c1-3-5-7-9-8-6-4-2/h1,3,6-9H,2,4-5H2. The second-order valence-corrected chi connectivity index (χ2v) is 1.62. The lowest BCUT2D eigenvalue weighted by Crippen LogP contribution is -1.54. The molecule has 0 bridgehead atoms. The SMILES string of the molecule is [CH]=CCC=CC=CC[CH2]. The predicted molar refractivity (Wildman–Crippen MR) is 41.7 cm³/mol. The molecule has 0 aromatic heterocycles. The van der Waals surface area contributed by atoms with E-state index in [2.05, 4.69) is 6.92 Å². The van der Waals surface area contributed by atoms with Gasteiger partial charge in [0.25, 0.3) is 0 Å². The van der Waals surface area contributed by atoms with E-state index in [1.165, 1.54) is 0 Å². The maximum absolute atomic E-state index is 5.13. The number of rotatable bonds is 4. The zero-order chi connectivity index (χ0) is 6.95. The summed E-state index contributed by atoms with van der Waals surface area (Å²) >= 11 is 0. The van der Waals surface area contributed by atoms with E-state index < -0.39 is 0 Å². The zero-order valence-electron chi connectivity index (χ0n) is 5.59. The van der Waals surface area contributed by atoms with E-state index in [1.54, 1.807) is 6.08 Å². The summed E-state index contributed by atoms with van der Waals surface area (Å²) in [6.45, 7) is 8.78. The van der Waals surface area contributed by atoms with Crippen LogP contribution in [0.4, 0.5) is 0 Å². The van der Waals surface area contributed by atoms with Gasteiger partial charge in [-0.05, 0) is 19.8 Å². The fourth-order valence-corrected chi connectivity index (χ4v) is 0.410. The Bertz CT molecular complexity index is 107. The van der Waals surface area contributed by atoms with Gasteiger partial charge in [0.15, 0.2) is 0 Å². The van der Waals surface area contributed by atoms with Crippen molar-refractivity contribution in [1.29, 1.82) is 0 Å². The molecular formula is C9H12. The smallest absolute Gasteiger partial charge is 0.0163 e. The molecule has 0 aliphatic carbocycles. The van der Waals surface area contributed by atoms with Gasteiger partial charge in [0.05, 0.1) is 0 Å². The van der Waals surface area contributed by atoms with Crippen LogP contribution >= 0.6 is 0 Å². The van der Waals surface area contributed by atoms with Gasteiger partial charge < -0.3 is 0 Å². The van der Waals surface area contributed by atoms with Gasteiger partial charge in [-0.15, -0.1) is 0 Å². The summed E-state index contributed by atoms with van der Waals surface area (Å²) < 4.78 is 0. The Morgan fingerprint density at radius 2 is 1.89 bits per heavy atom. The lowest BCUT2D eigenvalue weighted by atomic mass is 10.3. The molecule has 0 spiro atoms. The van der Waals surface area contributed by atoms with Gasteiger partial charge in [-0.2, -0.15) is 0 Å². The van der Waals surface area contributed by atoms with Gasteiger partial charge >= 0.3 is 0 Å². The van der Waals surface area contributed by atoms with Crippen molar-refractivity contribution in [2.24, 2.45) is 0 Å². The number of hydrogen-bond acceptors (Lipinski definition) is 0. The molecule has 0 saturated heterocycles. The van der Waals surface area contributed by atoms with Gasteiger partial charge in [0.1, 0.15) is 0 Å². The molecule has 0 aromatic carbocycles. The third-order valence-corrected chi connectivity index (χ3v) is 0.822. The van der Waals surface area contributed by atoms with Crippen LogP contribution in [-0.4, -0.2) is 0 Å². The van der Waals surface area contributed by atoms with Crippen molar-refractivity contribution in [3.8, 4) is 0 Å². The quantitative estimate of drug-likeness (QED) is 0.500. The lowest BCUT2D eigenvalue weighted by molar-refractivity contribution is 1.38. The molecule has 9 heavy (non-hydrogen) atoms. The number of allylic oxidation sites excluding steroid dienone is 5. The van der Waals surface area contributed by atoms with Crippen molar-refractivity contribution >= 4 is 0 Å². The lowest BCUT2D eigenvalue weighted by Gasteiger charge is -1.75. The largest absolute Gasteiger partial charge is 0.0845 e. The highest BCUT2D eigenvalue weighted by molar-refractivity contribution is 5.03. The van der Waals surface area contributed by atoms with Crippen molar-refractivity contribution in [1.82, 2.24) is 0 Å². The maximum Gasteiger partial charge on any atom is -0.0163 e. The first-order valence-corrected chi connectivity index (χ1v) is 3.06. The fraction of sp³-hybridized carbons (Fsp3) is 0.222. The van der Waals surface area contributed by atoms with Gasteiger partial charge in [0, 0.05) is 0 Å². The Morgan fingerprint density at radius 3 is 2.44 bits per heavy atom. The molecule has 0 N–H and O–H groups in total. The van der Waals surface area contributed by atoms with E-state index in [0.29, 0.717) is 0 Å². The maximum atomic E-state index is 5.13. The topological polar surface area (TPSA) is 0 Å². The summed E-state index contributed by atoms with van der Waals surface area (Å²) in [5.74, 6) is 0. The first-order valence-electron chi connectivity index (χ1n) is 3.06. The van der Waals surface area contributed by atoms with Crippen LogP contribution in [0.1, 0.15) is 12.8 Å². The molecule has 0 atom stereocenters. The van der Waals surface area contributed by atoms with Crippen LogP contribution in [0, 0.1) is 13.5 Å². The minimum absolute atomic E-state index is 0.835. The molecule has 2 radical (unpaired) electrons. The minimum atomic E-state index is 0.835. The highest BCUT2D eigenvalue weighted by Gasteiger charge is 1.64. The molecule has 0 fully saturated rings. The van der Waals surface area contributed by atoms with E-state index >= 15 is 0 Å². The molecule has 0 heterocycles. The number of hydrogen-bond donors (Lipinski definition) is 0. The van der Waals surface area contributed by atoms with E-state index in [0.717, 1.165) is 12.8 Å². The molecule has 0 amide bonds. The summed E-state index contributed by atoms with van der Waals surface area (Å²) in [6, 6.07) is 0. The summed E-state index contributed by atoms with van der Waals surface area (Å²) in [4.78, 5) is 0. The highest BCUT2D eigenvalue weighted by Crippen LogP contribution is 1.85. The molecule has 0 nitrogen and oxygen atoms in total. The van der Waals surface area contributed by atoms with E-state index in [9.17, 15) is 0 Å². The fourth-order valence-electron chi connectivity index (χ4n) is 0.410. The van der Waals surface area contributed by atoms with E-state index in [4.69, 9.17) is 6.58 Å². The van der Waals surface area contributed by atoms with Gasteiger partial charge in [0.2, 0.25) is 0 Å². The monoisotopic (exact) mass is 120 g/mol. The normalized spacial score (nSPS) is 11.2. The van der Waals surface area contributed by atoms with Crippen LogP contribution in [0.2, 0.25) is 0 Å². The van der Waals surface area contributed by atoms with Crippen LogP contribution in [-0.2, 0) is 0 Å².